The second-order valence-electron chi connectivity index (χ2n) is 8.11. The van der Waals surface area contributed by atoms with Crippen molar-refractivity contribution in [3.05, 3.63) is 64.4 Å². The summed E-state index contributed by atoms with van der Waals surface area (Å²) in [6, 6.07) is 15.3. The third-order valence-corrected chi connectivity index (χ3v) is 5.64. The molecule has 1 aromatic heterocycles. The van der Waals surface area contributed by atoms with Crippen LogP contribution < -0.4 is 5.32 Å². The molecule has 0 spiro atoms. The number of carbonyl (C=O) groups is 2. The molecule has 2 aromatic carbocycles. The number of aromatic nitrogens is 2. The molecule has 31 heavy (non-hydrogen) atoms. The van der Waals surface area contributed by atoms with Gasteiger partial charge in [-0.25, -0.2) is 4.98 Å². The van der Waals surface area contributed by atoms with Gasteiger partial charge in [0.15, 0.2) is 0 Å². The molecule has 164 valence electrons. The van der Waals surface area contributed by atoms with Crippen LogP contribution in [0.5, 0.6) is 0 Å². The third kappa shape index (κ3) is 5.53. The molecule has 1 heterocycles. The summed E-state index contributed by atoms with van der Waals surface area (Å²) in [4.78, 5) is 32.2. The first-order valence-electron chi connectivity index (χ1n) is 10.6. The summed E-state index contributed by atoms with van der Waals surface area (Å²) in [5.41, 5.74) is 2.38. The number of hydrogen-bond donors (Lipinski definition) is 1. The first-order chi connectivity index (χ1) is 14.8. The Morgan fingerprint density at radius 2 is 1.77 bits per heavy atom. The number of nitrogens with zero attached hydrogens (tertiary/aromatic N) is 3. The fourth-order valence-electron chi connectivity index (χ4n) is 3.90. The molecule has 6 nitrogen and oxygen atoms in total. The normalized spacial score (nSPS) is 11.3. The lowest BCUT2D eigenvalue weighted by molar-refractivity contribution is -0.135. The number of hydrogen-bond acceptors (Lipinski definition) is 3. The van der Waals surface area contributed by atoms with Gasteiger partial charge in [-0.15, -0.1) is 0 Å². The number of rotatable bonds is 8. The molecule has 2 amide bonds. The minimum absolute atomic E-state index is 0.0626. The van der Waals surface area contributed by atoms with Crippen molar-refractivity contribution < 1.29 is 9.59 Å². The first-order valence-corrected chi connectivity index (χ1v) is 11.4. The topological polar surface area (TPSA) is 67.2 Å². The average molecular weight is 485 g/mol. The molecule has 0 fully saturated rings. The van der Waals surface area contributed by atoms with E-state index in [4.69, 9.17) is 4.98 Å². The fourth-order valence-corrected chi connectivity index (χ4v) is 4.30. The predicted octanol–water partition coefficient (Wildman–Crippen LogP) is 4.42. The Balaban J connectivity index is 1.77. The zero-order valence-electron chi connectivity index (χ0n) is 18.4. The molecule has 0 aliphatic rings. The van der Waals surface area contributed by atoms with Gasteiger partial charge in [0.25, 0.3) is 5.91 Å². The van der Waals surface area contributed by atoms with Crippen LogP contribution in [0.25, 0.3) is 11.0 Å². The Bertz CT molecular complexity index is 1070. The van der Waals surface area contributed by atoms with E-state index in [1.165, 1.54) is 0 Å². The summed E-state index contributed by atoms with van der Waals surface area (Å²) in [5.74, 6) is 0.718. The summed E-state index contributed by atoms with van der Waals surface area (Å²) < 4.78 is 2.83. The van der Waals surface area contributed by atoms with Crippen LogP contribution in [0.1, 0.15) is 43.9 Å². The molecule has 0 unspecified atom stereocenters. The van der Waals surface area contributed by atoms with E-state index in [1.807, 2.05) is 73.6 Å². The van der Waals surface area contributed by atoms with E-state index < -0.39 is 0 Å². The van der Waals surface area contributed by atoms with Crippen molar-refractivity contribution in [2.45, 2.75) is 52.7 Å². The van der Waals surface area contributed by atoms with Crippen molar-refractivity contribution in [3.8, 4) is 0 Å². The molecule has 3 aromatic rings. The molecule has 0 aliphatic heterocycles. The Hall–Kier alpha value is -2.67. The quantitative estimate of drug-likeness (QED) is 0.514. The van der Waals surface area contributed by atoms with Gasteiger partial charge in [0, 0.05) is 35.1 Å². The van der Waals surface area contributed by atoms with Gasteiger partial charge < -0.3 is 14.8 Å². The summed E-state index contributed by atoms with van der Waals surface area (Å²) in [5, 5.41) is 2.95. The second kappa shape index (κ2) is 10.1. The first kappa shape index (κ1) is 23.0. The van der Waals surface area contributed by atoms with Crippen molar-refractivity contribution in [3.63, 3.8) is 0 Å². The SMILES string of the molecule is CC(C)N(C(=O)Cn1c(CCNC(=O)c2cccc(Br)c2)nc2ccccc21)C(C)C. The van der Waals surface area contributed by atoms with E-state index in [2.05, 4.69) is 21.2 Å². The van der Waals surface area contributed by atoms with E-state index in [9.17, 15) is 9.59 Å². The zero-order chi connectivity index (χ0) is 22.5. The Labute approximate surface area is 191 Å². The lowest BCUT2D eigenvalue weighted by atomic mass is 10.2. The molecule has 0 radical (unpaired) electrons. The molecule has 1 N–H and O–H groups in total. The number of carbonyl (C=O) groups excluding carboxylic acids is 2. The van der Waals surface area contributed by atoms with Crippen LogP contribution in [0.15, 0.2) is 53.0 Å². The highest BCUT2D eigenvalue weighted by atomic mass is 79.9. The molecule has 7 heteroatoms. The molecular weight excluding hydrogens is 456 g/mol. The predicted molar refractivity (Wildman–Crippen MR) is 127 cm³/mol. The van der Waals surface area contributed by atoms with Crippen molar-refractivity contribution in [2.75, 3.05) is 6.54 Å². The van der Waals surface area contributed by atoms with Gasteiger partial charge in [-0.2, -0.15) is 0 Å². The number of imidazole rings is 1. The van der Waals surface area contributed by atoms with Gasteiger partial charge in [-0.1, -0.05) is 34.1 Å². The summed E-state index contributed by atoms with van der Waals surface area (Å²) in [6.07, 6.45) is 0.533. The van der Waals surface area contributed by atoms with E-state index in [0.717, 1.165) is 21.3 Å². The Morgan fingerprint density at radius 1 is 1.06 bits per heavy atom. The molecular formula is C24H29BrN4O2. The number of nitrogens with one attached hydrogen (secondary N) is 1. The number of halogens is 1. The average Bonchev–Trinajstić information content (AvgIpc) is 3.04. The monoisotopic (exact) mass is 484 g/mol. The zero-order valence-corrected chi connectivity index (χ0v) is 20.0. The lowest BCUT2D eigenvalue weighted by Gasteiger charge is -2.31. The van der Waals surface area contributed by atoms with E-state index in [-0.39, 0.29) is 30.4 Å². The smallest absolute Gasteiger partial charge is 0.251 e. The van der Waals surface area contributed by atoms with Crippen LogP contribution >= 0.6 is 15.9 Å². The fraction of sp³-hybridized carbons (Fsp3) is 0.375. The maximum absolute atomic E-state index is 13.1. The van der Waals surface area contributed by atoms with E-state index >= 15 is 0 Å². The minimum Gasteiger partial charge on any atom is -0.352 e. The van der Waals surface area contributed by atoms with Gasteiger partial charge in [-0.3, -0.25) is 9.59 Å². The van der Waals surface area contributed by atoms with Crippen molar-refractivity contribution in [1.29, 1.82) is 0 Å². The summed E-state index contributed by atoms with van der Waals surface area (Å²) in [7, 11) is 0. The Kier molecular flexibility index (Phi) is 7.49. The van der Waals surface area contributed by atoms with Crippen LogP contribution in [0.2, 0.25) is 0 Å². The summed E-state index contributed by atoms with van der Waals surface area (Å²) >= 11 is 3.39. The van der Waals surface area contributed by atoms with Crippen molar-refractivity contribution in [2.24, 2.45) is 0 Å². The van der Waals surface area contributed by atoms with Gasteiger partial charge in [0.1, 0.15) is 12.4 Å². The number of amides is 2. The van der Waals surface area contributed by atoms with E-state index in [0.29, 0.717) is 18.5 Å². The van der Waals surface area contributed by atoms with Crippen LogP contribution in [0.4, 0.5) is 0 Å². The highest BCUT2D eigenvalue weighted by Gasteiger charge is 2.22. The molecule has 0 saturated heterocycles. The lowest BCUT2D eigenvalue weighted by Crippen LogP contribution is -2.43. The van der Waals surface area contributed by atoms with Gasteiger partial charge in [0.05, 0.1) is 11.0 Å². The molecule has 0 saturated carbocycles. The van der Waals surface area contributed by atoms with Gasteiger partial charge >= 0.3 is 0 Å². The number of fused-ring (bicyclic) bond motifs is 1. The van der Waals surface area contributed by atoms with Gasteiger partial charge in [-0.05, 0) is 58.0 Å². The molecule has 3 rings (SSSR count). The highest BCUT2D eigenvalue weighted by molar-refractivity contribution is 9.10. The highest BCUT2D eigenvalue weighted by Crippen LogP contribution is 2.18. The minimum atomic E-state index is -0.133. The van der Waals surface area contributed by atoms with Crippen LogP contribution in [0.3, 0.4) is 0 Å². The van der Waals surface area contributed by atoms with Crippen LogP contribution in [0, 0.1) is 0 Å². The Morgan fingerprint density at radius 3 is 2.45 bits per heavy atom. The van der Waals surface area contributed by atoms with Gasteiger partial charge in [0.2, 0.25) is 5.91 Å². The maximum Gasteiger partial charge on any atom is 0.251 e. The van der Waals surface area contributed by atoms with E-state index in [1.54, 1.807) is 12.1 Å². The molecule has 0 atom stereocenters. The van der Waals surface area contributed by atoms with Crippen LogP contribution in [-0.2, 0) is 17.8 Å². The molecule has 0 aliphatic carbocycles. The maximum atomic E-state index is 13.1. The molecule has 0 bridgehead atoms. The summed E-state index contributed by atoms with van der Waals surface area (Å²) in [6.45, 7) is 8.78. The van der Waals surface area contributed by atoms with Crippen molar-refractivity contribution in [1.82, 2.24) is 19.8 Å². The standard InChI is InChI=1S/C24H29BrN4O2/c1-16(2)29(17(3)4)23(30)15-28-21-11-6-5-10-20(21)27-22(28)12-13-26-24(31)18-8-7-9-19(25)14-18/h5-11,14,16-17H,12-13,15H2,1-4H3,(H,26,31). The third-order valence-electron chi connectivity index (χ3n) is 5.15. The van der Waals surface area contributed by atoms with Crippen LogP contribution in [-0.4, -0.2) is 44.9 Å². The second-order valence-corrected chi connectivity index (χ2v) is 9.02. The number of benzene rings is 2. The van der Waals surface area contributed by atoms with Crippen molar-refractivity contribution >= 4 is 38.8 Å². The number of para-hydroxylation sites is 2. The largest absolute Gasteiger partial charge is 0.352 e.